The van der Waals surface area contributed by atoms with E-state index in [4.69, 9.17) is 10.00 Å². The molecule has 1 rings (SSSR count). The summed E-state index contributed by atoms with van der Waals surface area (Å²) >= 11 is 0. The molecule has 0 amide bonds. The fourth-order valence-corrected chi connectivity index (χ4v) is 2.83. The highest BCUT2D eigenvalue weighted by molar-refractivity contribution is 5.03. The zero-order valence-corrected chi connectivity index (χ0v) is 11.8. The van der Waals surface area contributed by atoms with E-state index in [2.05, 4.69) is 32.2 Å². The molecule has 0 aromatic carbocycles. The van der Waals surface area contributed by atoms with E-state index >= 15 is 0 Å². The van der Waals surface area contributed by atoms with Crippen LogP contribution in [0.5, 0.6) is 0 Å². The number of hydrogen-bond donors (Lipinski definition) is 1. The Morgan fingerprint density at radius 1 is 1.47 bits per heavy atom. The predicted molar refractivity (Wildman–Crippen MR) is 69.6 cm³/mol. The van der Waals surface area contributed by atoms with E-state index in [0.717, 1.165) is 12.8 Å². The molecule has 0 aromatic rings. The number of ether oxygens (including phenoxy) is 1. The van der Waals surface area contributed by atoms with Gasteiger partial charge in [-0.25, -0.2) is 0 Å². The number of nitrogens with one attached hydrogen (secondary N) is 1. The first-order chi connectivity index (χ1) is 7.80. The van der Waals surface area contributed by atoms with Crippen molar-refractivity contribution in [1.29, 1.82) is 5.26 Å². The molecule has 3 nitrogen and oxygen atoms in total. The Balaban J connectivity index is 2.50. The van der Waals surface area contributed by atoms with E-state index in [1.54, 1.807) is 7.05 Å². The van der Waals surface area contributed by atoms with Crippen molar-refractivity contribution in [3.8, 4) is 6.07 Å². The fraction of sp³-hybridized carbons (Fsp3) is 0.929. The lowest BCUT2D eigenvalue weighted by Crippen LogP contribution is -2.45. The van der Waals surface area contributed by atoms with Crippen LogP contribution in [0.1, 0.15) is 47.0 Å². The third kappa shape index (κ3) is 4.29. The summed E-state index contributed by atoms with van der Waals surface area (Å²) in [6, 6.07) is 2.26. The summed E-state index contributed by atoms with van der Waals surface area (Å²) in [5, 5.41) is 12.1. The van der Waals surface area contributed by atoms with Gasteiger partial charge in [-0.3, -0.25) is 0 Å². The van der Waals surface area contributed by atoms with Crippen LogP contribution in [-0.2, 0) is 4.74 Å². The molecule has 1 aliphatic carbocycles. The van der Waals surface area contributed by atoms with Crippen LogP contribution in [0.4, 0.5) is 0 Å². The molecule has 1 aliphatic rings. The Morgan fingerprint density at radius 2 is 2.12 bits per heavy atom. The van der Waals surface area contributed by atoms with Crippen LogP contribution in [0.15, 0.2) is 0 Å². The lowest BCUT2D eigenvalue weighted by Gasteiger charge is -2.39. The third-order valence-corrected chi connectivity index (χ3v) is 3.75. The van der Waals surface area contributed by atoms with Crippen LogP contribution in [0.3, 0.4) is 0 Å². The van der Waals surface area contributed by atoms with Crippen molar-refractivity contribution in [2.75, 3.05) is 13.7 Å². The van der Waals surface area contributed by atoms with Crippen LogP contribution in [0.2, 0.25) is 0 Å². The molecule has 0 aromatic heterocycles. The molecule has 0 bridgehead atoms. The molecule has 3 unspecified atom stereocenters. The van der Waals surface area contributed by atoms with Gasteiger partial charge < -0.3 is 10.1 Å². The van der Waals surface area contributed by atoms with Gasteiger partial charge in [0.05, 0.1) is 18.8 Å². The highest BCUT2D eigenvalue weighted by atomic mass is 16.5. The normalized spacial score (nSPS) is 31.5. The molecule has 3 heteroatoms. The average molecular weight is 238 g/mol. The molecule has 1 fully saturated rings. The highest BCUT2D eigenvalue weighted by Gasteiger charge is 2.34. The van der Waals surface area contributed by atoms with Gasteiger partial charge in [0, 0.05) is 0 Å². The van der Waals surface area contributed by atoms with Gasteiger partial charge in [0.1, 0.15) is 5.54 Å². The Labute approximate surface area is 106 Å². The van der Waals surface area contributed by atoms with Gasteiger partial charge in [-0.15, -0.1) is 0 Å². The number of rotatable bonds is 4. The molecule has 0 spiro atoms. The van der Waals surface area contributed by atoms with Crippen molar-refractivity contribution in [2.24, 2.45) is 11.3 Å². The number of nitrogens with zero attached hydrogens (tertiary/aromatic N) is 1. The van der Waals surface area contributed by atoms with Gasteiger partial charge in [-0.1, -0.05) is 20.8 Å². The van der Waals surface area contributed by atoms with Gasteiger partial charge in [-0.05, 0) is 44.6 Å². The monoisotopic (exact) mass is 238 g/mol. The summed E-state index contributed by atoms with van der Waals surface area (Å²) in [6.45, 7) is 9.25. The molecule has 1 N–H and O–H groups in total. The lowest BCUT2D eigenvalue weighted by molar-refractivity contribution is -0.0361. The Hall–Kier alpha value is -0.590. The first-order valence-corrected chi connectivity index (χ1v) is 6.52. The van der Waals surface area contributed by atoms with E-state index in [-0.39, 0.29) is 0 Å². The molecule has 1 saturated carbocycles. The van der Waals surface area contributed by atoms with Crippen molar-refractivity contribution in [3.63, 3.8) is 0 Å². The quantitative estimate of drug-likeness (QED) is 0.819. The van der Waals surface area contributed by atoms with Gasteiger partial charge in [0.15, 0.2) is 0 Å². The SMILES string of the molecule is CNC(C)(C#N)COC1CC(C)CC(C)(C)C1. The van der Waals surface area contributed by atoms with Crippen molar-refractivity contribution in [1.82, 2.24) is 5.32 Å². The molecule has 0 heterocycles. The summed E-state index contributed by atoms with van der Waals surface area (Å²) in [6.07, 6.45) is 3.79. The maximum Gasteiger partial charge on any atom is 0.127 e. The number of likely N-dealkylation sites (N-methyl/N-ethyl adjacent to an activating group) is 1. The number of nitriles is 1. The van der Waals surface area contributed by atoms with Gasteiger partial charge >= 0.3 is 0 Å². The van der Waals surface area contributed by atoms with Crippen LogP contribution in [-0.4, -0.2) is 25.3 Å². The predicted octanol–water partition coefficient (Wildman–Crippen LogP) is 2.72. The van der Waals surface area contributed by atoms with Gasteiger partial charge in [0.25, 0.3) is 0 Å². The Kier molecular flexibility index (Phi) is 4.57. The smallest absolute Gasteiger partial charge is 0.127 e. The Bertz CT molecular complexity index is 295. The highest BCUT2D eigenvalue weighted by Crippen LogP contribution is 2.39. The summed E-state index contributed by atoms with van der Waals surface area (Å²) in [7, 11) is 1.81. The molecular weight excluding hydrogens is 212 g/mol. The second-order valence-corrected chi connectivity index (χ2v) is 6.54. The zero-order valence-electron chi connectivity index (χ0n) is 11.8. The average Bonchev–Trinajstić information content (AvgIpc) is 2.23. The first kappa shape index (κ1) is 14.5. The van der Waals surface area contributed by atoms with Crippen LogP contribution >= 0.6 is 0 Å². The molecule has 0 radical (unpaired) electrons. The second kappa shape index (κ2) is 5.37. The molecule has 98 valence electrons. The molecule has 0 saturated heterocycles. The van der Waals surface area contributed by atoms with Gasteiger partial charge in [0.2, 0.25) is 0 Å². The largest absolute Gasteiger partial charge is 0.375 e. The topological polar surface area (TPSA) is 45.0 Å². The molecule has 0 aliphatic heterocycles. The maximum atomic E-state index is 9.08. The summed E-state index contributed by atoms with van der Waals surface area (Å²) in [4.78, 5) is 0. The van der Waals surface area contributed by atoms with E-state index in [1.165, 1.54) is 6.42 Å². The lowest BCUT2D eigenvalue weighted by atomic mass is 9.71. The standard InChI is InChI=1S/C14H26N2O/c1-11-6-12(8-13(2,3)7-11)17-10-14(4,9-15)16-5/h11-12,16H,6-8,10H2,1-5H3. The fourth-order valence-electron chi connectivity index (χ4n) is 2.83. The van der Waals surface area contributed by atoms with Crippen LogP contribution in [0, 0.1) is 22.7 Å². The van der Waals surface area contributed by atoms with Gasteiger partial charge in [-0.2, -0.15) is 5.26 Å². The molecule has 3 atom stereocenters. The van der Waals surface area contributed by atoms with Crippen molar-refractivity contribution >= 4 is 0 Å². The Morgan fingerprint density at radius 3 is 2.59 bits per heavy atom. The van der Waals surface area contributed by atoms with E-state index in [1.807, 2.05) is 6.92 Å². The molecular formula is C14H26N2O. The zero-order chi connectivity index (χ0) is 13.1. The maximum absolute atomic E-state index is 9.08. The first-order valence-electron chi connectivity index (χ1n) is 6.52. The summed E-state index contributed by atoms with van der Waals surface area (Å²) in [5.74, 6) is 0.715. The van der Waals surface area contributed by atoms with E-state index in [9.17, 15) is 0 Å². The molecule has 17 heavy (non-hydrogen) atoms. The summed E-state index contributed by atoms with van der Waals surface area (Å²) in [5.41, 5.74) is -0.199. The minimum absolute atomic E-state index is 0.301. The van der Waals surface area contributed by atoms with Crippen molar-refractivity contribution in [2.45, 2.75) is 58.6 Å². The third-order valence-electron chi connectivity index (χ3n) is 3.75. The minimum atomic E-state index is -0.565. The van der Waals surface area contributed by atoms with Crippen molar-refractivity contribution < 1.29 is 4.74 Å². The minimum Gasteiger partial charge on any atom is -0.375 e. The van der Waals surface area contributed by atoms with E-state index in [0.29, 0.717) is 24.0 Å². The summed E-state index contributed by atoms with van der Waals surface area (Å²) < 4.78 is 5.95. The number of hydrogen-bond acceptors (Lipinski definition) is 3. The van der Waals surface area contributed by atoms with Crippen LogP contribution < -0.4 is 5.32 Å². The van der Waals surface area contributed by atoms with E-state index < -0.39 is 5.54 Å². The van der Waals surface area contributed by atoms with Crippen molar-refractivity contribution in [3.05, 3.63) is 0 Å². The second-order valence-electron chi connectivity index (χ2n) is 6.54. The van der Waals surface area contributed by atoms with Crippen LogP contribution in [0.25, 0.3) is 0 Å².